The van der Waals surface area contributed by atoms with Crippen molar-refractivity contribution in [2.75, 3.05) is 0 Å². The Kier molecular flexibility index (Phi) is 2.72. The summed E-state index contributed by atoms with van der Waals surface area (Å²) in [5, 5.41) is 5.44. The van der Waals surface area contributed by atoms with Crippen LogP contribution in [0.4, 0.5) is 0 Å². The van der Waals surface area contributed by atoms with Crippen LogP contribution >= 0.6 is 11.5 Å². The number of aryl methyl sites for hydroxylation is 1. The van der Waals surface area contributed by atoms with Gasteiger partial charge in [0.25, 0.3) is 0 Å². The summed E-state index contributed by atoms with van der Waals surface area (Å²) in [5.41, 5.74) is 4.29. The molecule has 4 nitrogen and oxygen atoms in total. The normalized spacial score (nSPS) is 14.8. The highest BCUT2D eigenvalue weighted by molar-refractivity contribution is 7.08. The van der Waals surface area contributed by atoms with Crippen molar-refractivity contribution in [1.82, 2.24) is 14.2 Å². The van der Waals surface area contributed by atoms with E-state index in [9.17, 15) is 4.79 Å². The van der Waals surface area contributed by atoms with Crippen molar-refractivity contribution < 1.29 is 4.79 Å². The van der Waals surface area contributed by atoms with Crippen molar-refractivity contribution in [3.63, 3.8) is 0 Å². The zero-order valence-electron chi connectivity index (χ0n) is 12.0. The van der Waals surface area contributed by atoms with Gasteiger partial charge in [-0.3, -0.25) is 9.48 Å². The molecule has 0 unspecified atom stereocenters. The van der Waals surface area contributed by atoms with Crippen LogP contribution in [0.1, 0.15) is 40.9 Å². The number of ketones is 1. The largest absolute Gasteiger partial charge is 0.294 e. The van der Waals surface area contributed by atoms with E-state index < -0.39 is 0 Å². The van der Waals surface area contributed by atoms with E-state index in [1.54, 1.807) is 6.92 Å². The molecule has 1 aromatic carbocycles. The summed E-state index contributed by atoms with van der Waals surface area (Å²) in [4.78, 5) is 12.7. The van der Waals surface area contributed by atoms with Gasteiger partial charge in [-0.05, 0) is 30.3 Å². The molecule has 2 heterocycles. The van der Waals surface area contributed by atoms with Gasteiger partial charge in [0.2, 0.25) is 0 Å². The van der Waals surface area contributed by atoms with Gasteiger partial charge in [-0.25, -0.2) is 0 Å². The maximum Gasteiger partial charge on any atom is 0.171 e. The quantitative estimate of drug-likeness (QED) is 0.691. The Morgan fingerprint density at radius 1 is 1.38 bits per heavy atom. The number of hydrogen-bond acceptors (Lipinski definition) is 4. The predicted octanol–water partition coefficient (Wildman–Crippen LogP) is 3.78. The van der Waals surface area contributed by atoms with Gasteiger partial charge in [-0.1, -0.05) is 18.2 Å². The van der Waals surface area contributed by atoms with Gasteiger partial charge >= 0.3 is 0 Å². The van der Waals surface area contributed by atoms with E-state index in [0.29, 0.717) is 5.92 Å². The van der Waals surface area contributed by atoms with Crippen LogP contribution in [0.25, 0.3) is 22.2 Å². The lowest BCUT2D eigenvalue weighted by Crippen LogP contribution is -1.96. The van der Waals surface area contributed by atoms with Gasteiger partial charge in [0.05, 0.1) is 22.3 Å². The average Bonchev–Trinajstić information content (AvgIpc) is 3.10. The van der Waals surface area contributed by atoms with Crippen LogP contribution in [-0.4, -0.2) is 19.9 Å². The summed E-state index contributed by atoms with van der Waals surface area (Å²) in [5.74, 6) is 0.624. The molecule has 21 heavy (non-hydrogen) atoms. The monoisotopic (exact) mass is 297 g/mol. The minimum absolute atomic E-state index is 0.123. The highest BCUT2D eigenvalue weighted by Crippen LogP contribution is 2.48. The van der Waals surface area contributed by atoms with Crippen molar-refractivity contribution >= 4 is 28.2 Å². The smallest absolute Gasteiger partial charge is 0.171 e. The molecule has 1 aliphatic rings. The summed E-state index contributed by atoms with van der Waals surface area (Å²) >= 11 is 1.34. The number of carbonyl (C=O) groups is 1. The Morgan fingerprint density at radius 2 is 2.19 bits per heavy atom. The van der Waals surface area contributed by atoms with Crippen LogP contribution < -0.4 is 0 Å². The van der Waals surface area contributed by atoms with Crippen molar-refractivity contribution in [2.45, 2.75) is 25.7 Å². The molecule has 106 valence electrons. The third-order valence-electron chi connectivity index (χ3n) is 4.05. The lowest BCUT2D eigenvalue weighted by atomic mass is 10.00. The zero-order chi connectivity index (χ0) is 14.6. The number of benzene rings is 1. The highest BCUT2D eigenvalue weighted by Gasteiger charge is 2.33. The fourth-order valence-corrected chi connectivity index (χ4v) is 3.79. The van der Waals surface area contributed by atoms with Gasteiger partial charge in [0.15, 0.2) is 5.78 Å². The van der Waals surface area contributed by atoms with E-state index in [2.05, 4.69) is 21.6 Å². The summed E-state index contributed by atoms with van der Waals surface area (Å²) in [6.45, 7) is 1.63. The first-order valence-electron chi connectivity index (χ1n) is 7.08. The fourth-order valence-electron chi connectivity index (χ4n) is 2.92. The molecular formula is C16H15N3OS. The Bertz CT molecular complexity index is 858. The van der Waals surface area contributed by atoms with Crippen molar-refractivity contribution in [3.8, 4) is 11.3 Å². The molecule has 0 atom stereocenters. The molecule has 1 aliphatic carbocycles. The number of fused-ring (bicyclic) bond motifs is 1. The third kappa shape index (κ3) is 1.92. The van der Waals surface area contributed by atoms with Gasteiger partial charge in [-0.2, -0.15) is 9.47 Å². The number of Topliss-reactive ketones (excluding diaryl/α,β-unsaturated/α-hetero) is 1. The molecule has 1 fully saturated rings. The molecule has 2 aromatic heterocycles. The molecule has 0 spiro atoms. The molecule has 5 heteroatoms. The third-order valence-corrected chi connectivity index (χ3v) is 5.01. The van der Waals surface area contributed by atoms with Gasteiger partial charge in [0, 0.05) is 30.5 Å². The zero-order valence-corrected chi connectivity index (χ0v) is 12.8. The number of carbonyl (C=O) groups excluding carboxylic acids is 1. The fraction of sp³-hybridized carbons (Fsp3) is 0.312. The molecule has 0 amide bonds. The Hall–Kier alpha value is -2.01. The van der Waals surface area contributed by atoms with E-state index >= 15 is 0 Å². The molecule has 0 saturated heterocycles. The van der Waals surface area contributed by atoms with Gasteiger partial charge in [-0.15, -0.1) is 0 Å². The first-order chi connectivity index (χ1) is 10.2. The van der Waals surface area contributed by atoms with Crippen LogP contribution in [-0.2, 0) is 7.05 Å². The molecule has 4 rings (SSSR count). The van der Waals surface area contributed by atoms with E-state index in [0.717, 1.165) is 45.4 Å². The van der Waals surface area contributed by atoms with Crippen LogP contribution in [0, 0.1) is 0 Å². The van der Waals surface area contributed by atoms with E-state index in [1.165, 1.54) is 11.5 Å². The number of hydrogen-bond donors (Lipinski definition) is 0. The molecule has 3 aromatic rings. The summed E-state index contributed by atoms with van der Waals surface area (Å²) in [7, 11) is 1.95. The number of para-hydroxylation sites is 1. The standard InChI is InChI=1S/C16H15N3OS/c1-9(20)16-13(10-6-7-10)14(18-21-16)12-5-3-4-11-8-17-19(2)15(11)12/h3-5,8,10H,6-7H2,1-2H3. The highest BCUT2D eigenvalue weighted by atomic mass is 32.1. The minimum atomic E-state index is 0.123. The predicted molar refractivity (Wildman–Crippen MR) is 83.8 cm³/mol. The maximum atomic E-state index is 11.9. The van der Waals surface area contributed by atoms with Crippen LogP contribution in [0.15, 0.2) is 24.4 Å². The van der Waals surface area contributed by atoms with Crippen LogP contribution in [0.3, 0.4) is 0 Å². The average molecular weight is 297 g/mol. The molecular weight excluding hydrogens is 282 g/mol. The van der Waals surface area contributed by atoms with Crippen molar-refractivity contribution in [1.29, 1.82) is 0 Å². The lowest BCUT2D eigenvalue weighted by molar-refractivity contribution is 0.102. The minimum Gasteiger partial charge on any atom is -0.294 e. The summed E-state index contributed by atoms with van der Waals surface area (Å²) in [6.07, 6.45) is 4.19. The molecule has 1 saturated carbocycles. The van der Waals surface area contributed by atoms with Crippen molar-refractivity contribution in [3.05, 3.63) is 34.8 Å². The van der Waals surface area contributed by atoms with Gasteiger partial charge in [0.1, 0.15) is 0 Å². The molecule has 0 N–H and O–H groups in total. The summed E-state index contributed by atoms with van der Waals surface area (Å²) < 4.78 is 6.50. The van der Waals surface area contributed by atoms with Crippen LogP contribution in [0.5, 0.6) is 0 Å². The van der Waals surface area contributed by atoms with Crippen LogP contribution in [0.2, 0.25) is 0 Å². The molecule has 0 bridgehead atoms. The lowest BCUT2D eigenvalue weighted by Gasteiger charge is -2.06. The topological polar surface area (TPSA) is 47.8 Å². The number of rotatable bonds is 3. The number of nitrogens with zero attached hydrogens (tertiary/aromatic N) is 3. The molecule has 0 aliphatic heterocycles. The second-order valence-corrected chi connectivity index (χ2v) is 6.39. The maximum absolute atomic E-state index is 11.9. The van der Waals surface area contributed by atoms with E-state index in [1.807, 2.05) is 24.0 Å². The molecule has 0 radical (unpaired) electrons. The Balaban J connectivity index is 2.01. The second-order valence-electron chi connectivity index (χ2n) is 5.62. The Morgan fingerprint density at radius 3 is 2.90 bits per heavy atom. The van der Waals surface area contributed by atoms with E-state index in [4.69, 9.17) is 0 Å². The Labute approximate surface area is 126 Å². The van der Waals surface area contributed by atoms with Gasteiger partial charge < -0.3 is 0 Å². The van der Waals surface area contributed by atoms with E-state index in [-0.39, 0.29) is 5.78 Å². The van der Waals surface area contributed by atoms with Crippen molar-refractivity contribution in [2.24, 2.45) is 7.05 Å². The summed E-state index contributed by atoms with van der Waals surface area (Å²) in [6, 6.07) is 6.17. The number of aromatic nitrogens is 3. The SMILES string of the molecule is CC(=O)c1snc(-c2cccc3cnn(C)c23)c1C1CC1. The second kappa shape index (κ2) is 4.49. The first-order valence-corrected chi connectivity index (χ1v) is 7.85. The first kappa shape index (κ1) is 12.7.